The Bertz CT molecular complexity index is 88.3. The molecule has 3 aliphatic heterocycles. The molecule has 3 rings (SSSR count). The highest BCUT2D eigenvalue weighted by Crippen LogP contribution is 2.33. The van der Waals surface area contributed by atoms with Crippen LogP contribution in [0.15, 0.2) is 0 Å². The van der Waals surface area contributed by atoms with E-state index in [-0.39, 0.29) is 0 Å². The van der Waals surface area contributed by atoms with Crippen molar-refractivity contribution < 1.29 is 4.74 Å². The highest BCUT2D eigenvalue weighted by molar-refractivity contribution is 7.99. The van der Waals surface area contributed by atoms with Crippen LogP contribution in [-0.4, -0.2) is 24.2 Å². The van der Waals surface area contributed by atoms with Crippen LogP contribution in [0.5, 0.6) is 0 Å². The standard InChI is InChI=1S/C8H14OS/c1-2-8-3-4-9-5-7(1)6-10-8/h7-8H,1-6H2. The van der Waals surface area contributed by atoms with Crippen molar-refractivity contribution in [3.05, 3.63) is 0 Å². The average Bonchev–Trinajstić information content (AvgIpc) is 1.89. The largest absolute Gasteiger partial charge is 0.381 e. The molecule has 0 aromatic rings. The fourth-order valence-electron chi connectivity index (χ4n) is 1.68. The Labute approximate surface area is 66.5 Å². The third-order valence-electron chi connectivity index (χ3n) is 2.40. The van der Waals surface area contributed by atoms with E-state index in [2.05, 4.69) is 11.8 Å². The second-order valence-electron chi connectivity index (χ2n) is 3.26. The summed E-state index contributed by atoms with van der Waals surface area (Å²) in [5.74, 6) is 2.23. The Kier molecular flexibility index (Phi) is 2.19. The predicted molar refractivity (Wildman–Crippen MR) is 44.4 cm³/mol. The summed E-state index contributed by atoms with van der Waals surface area (Å²) in [5, 5.41) is 0.927. The molecule has 0 spiro atoms. The first-order valence-corrected chi connectivity index (χ1v) is 5.19. The van der Waals surface area contributed by atoms with Gasteiger partial charge in [-0.1, -0.05) is 0 Å². The molecule has 0 aliphatic carbocycles. The van der Waals surface area contributed by atoms with Crippen LogP contribution < -0.4 is 0 Å². The molecule has 1 nitrogen and oxygen atoms in total. The van der Waals surface area contributed by atoms with E-state index in [1.54, 1.807) is 0 Å². The second kappa shape index (κ2) is 3.14. The predicted octanol–water partition coefficient (Wildman–Crippen LogP) is 1.92. The molecule has 0 radical (unpaired) electrons. The normalized spacial score (nSPS) is 40.8. The van der Waals surface area contributed by atoms with E-state index < -0.39 is 0 Å². The highest BCUT2D eigenvalue weighted by atomic mass is 32.2. The van der Waals surface area contributed by atoms with E-state index in [4.69, 9.17) is 4.74 Å². The molecule has 0 saturated carbocycles. The van der Waals surface area contributed by atoms with Gasteiger partial charge in [-0.15, -0.1) is 0 Å². The zero-order valence-corrected chi connectivity index (χ0v) is 7.03. The molecule has 2 unspecified atom stereocenters. The maximum Gasteiger partial charge on any atom is 0.0502 e. The summed E-state index contributed by atoms with van der Waals surface area (Å²) in [7, 11) is 0. The van der Waals surface area contributed by atoms with Crippen molar-refractivity contribution in [2.24, 2.45) is 5.92 Å². The molecule has 3 saturated heterocycles. The number of fused-ring (bicyclic) bond motifs is 5. The number of ether oxygens (including phenoxy) is 1. The van der Waals surface area contributed by atoms with Gasteiger partial charge in [0.15, 0.2) is 0 Å². The molecule has 2 bridgehead atoms. The van der Waals surface area contributed by atoms with E-state index in [0.29, 0.717) is 0 Å². The highest BCUT2D eigenvalue weighted by Gasteiger charge is 2.23. The van der Waals surface area contributed by atoms with Crippen molar-refractivity contribution >= 4 is 11.8 Å². The summed E-state index contributed by atoms with van der Waals surface area (Å²) >= 11 is 2.17. The van der Waals surface area contributed by atoms with Crippen LogP contribution >= 0.6 is 11.8 Å². The quantitative estimate of drug-likeness (QED) is 0.532. The summed E-state index contributed by atoms with van der Waals surface area (Å²) in [5.41, 5.74) is 0. The molecule has 2 heteroatoms. The summed E-state index contributed by atoms with van der Waals surface area (Å²) in [6.07, 6.45) is 4.15. The smallest absolute Gasteiger partial charge is 0.0502 e. The molecule has 0 amide bonds. The van der Waals surface area contributed by atoms with Crippen LogP contribution in [0.3, 0.4) is 0 Å². The first-order valence-electron chi connectivity index (χ1n) is 4.14. The number of hydrogen-bond donors (Lipinski definition) is 0. The van der Waals surface area contributed by atoms with Crippen molar-refractivity contribution in [1.82, 2.24) is 0 Å². The molecule has 0 aromatic carbocycles. The number of hydrogen-bond acceptors (Lipinski definition) is 2. The van der Waals surface area contributed by atoms with Crippen LogP contribution in [-0.2, 0) is 4.74 Å². The molecule has 10 heavy (non-hydrogen) atoms. The average molecular weight is 158 g/mol. The Hall–Kier alpha value is 0.310. The second-order valence-corrected chi connectivity index (χ2v) is 4.60. The minimum Gasteiger partial charge on any atom is -0.381 e. The minimum absolute atomic E-state index is 0.876. The molecule has 0 aromatic heterocycles. The molecule has 0 N–H and O–H groups in total. The fraction of sp³-hybridized carbons (Fsp3) is 1.00. The fourth-order valence-corrected chi connectivity index (χ4v) is 3.06. The SMILES string of the molecule is C1CC2CCC(CO1)CS2. The Morgan fingerprint density at radius 2 is 2.20 bits per heavy atom. The maximum absolute atomic E-state index is 5.50. The lowest BCUT2D eigenvalue weighted by molar-refractivity contribution is 0.0859. The topological polar surface area (TPSA) is 9.23 Å². The first-order chi connectivity index (χ1) is 4.95. The summed E-state index contributed by atoms with van der Waals surface area (Å²) in [6, 6.07) is 0. The lowest BCUT2D eigenvalue weighted by Crippen LogP contribution is -2.26. The van der Waals surface area contributed by atoms with Crippen LogP contribution in [0, 0.1) is 5.92 Å². The molecular formula is C8H14OS. The molecule has 2 atom stereocenters. The van der Waals surface area contributed by atoms with Gasteiger partial charge in [-0.05, 0) is 30.9 Å². The third kappa shape index (κ3) is 1.48. The first kappa shape index (κ1) is 6.99. The third-order valence-corrected chi connectivity index (χ3v) is 4.01. The lowest BCUT2D eigenvalue weighted by Gasteiger charge is -2.31. The zero-order chi connectivity index (χ0) is 6.81. The van der Waals surface area contributed by atoms with Crippen LogP contribution in [0.4, 0.5) is 0 Å². The maximum atomic E-state index is 5.50. The van der Waals surface area contributed by atoms with Crippen molar-refractivity contribution in [2.75, 3.05) is 19.0 Å². The van der Waals surface area contributed by atoms with Crippen molar-refractivity contribution in [3.8, 4) is 0 Å². The lowest BCUT2D eigenvalue weighted by atomic mass is 10.0. The van der Waals surface area contributed by atoms with E-state index in [9.17, 15) is 0 Å². The van der Waals surface area contributed by atoms with Gasteiger partial charge < -0.3 is 4.74 Å². The zero-order valence-electron chi connectivity index (χ0n) is 6.21. The summed E-state index contributed by atoms with van der Waals surface area (Å²) in [4.78, 5) is 0. The van der Waals surface area contributed by atoms with Gasteiger partial charge in [-0.2, -0.15) is 11.8 Å². The van der Waals surface area contributed by atoms with Gasteiger partial charge in [0.1, 0.15) is 0 Å². The molecule has 58 valence electrons. The summed E-state index contributed by atoms with van der Waals surface area (Å²) in [6.45, 7) is 2.04. The Morgan fingerprint density at radius 1 is 1.20 bits per heavy atom. The van der Waals surface area contributed by atoms with E-state index in [0.717, 1.165) is 24.4 Å². The van der Waals surface area contributed by atoms with Crippen molar-refractivity contribution in [1.29, 1.82) is 0 Å². The molecule has 3 heterocycles. The molecule has 3 fully saturated rings. The van der Waals surface area contributed by atoms with Gasteiger partial charge >= 0.3 is 0 Å². The molecule has 3 aliphatic rings. The van der Waals surface area contributed by atoms with Crippen LogP contribution in [0.2, 0.25) is 0 Å². The van der Waals surface area contributed by atoms with E-state index in [1.807, 2.05) is 0 Å². The van der Waals surface area contributed by atoms with Gasteiger partial charge in [0.2, 0.25) is 0 Å². The Morgan fingerprint density at radius 3 is 3.00 bits per heavy atom. The Balaban J connectivity index is 1.94. The van der Waals surface area contributed by atoms with Gasteiger partial charge in [0.25, 0.3) is 0 Å². The monoisotopic (exact) mass is 158 g/mol. The minimum atomic E-state index is 0.876. The molecular weight excluding hydrogens is 144 g/mol. The van der Waals surface area contributed by atoms with Crippen LogP contribution in [0.25, 0.3) is 0 Å². The van der Waals surface area contributed by atoms with Gasteiger partial charge in [0, 0.05) is 11.9 Å². The van der Waals surface area contributed by atoms with Crippen LogP contribution in [0.1, 0.15) is 19.3 Å². The number of thioether (sulfide) groups is 1. The summed E-state index contributed by atoms with van der Waals surface area (Å²) < 4.78 is 5.50. The van der Waals surface area contributed by atoms with Gasteiger partial charge in [-0.3, -0.25) is 0 Å². The van der Waals surface area contributed by atoms with E-state index in [1.165, 1.54) is 25.0 Å². The van der Waals surface area contributed by atoms with Crippen molar-refractivity contribution in [2.45, 2.75) is 24.5 Å². The van der Waals surface area contributed by atoms with E-state index >= 15 is 0 Å². The van der Waals surface area contributed by atoms with Crippen molar-refractivity contribution in [3.63, 3.8) is 0 Å². The number of rotatable bonds is 0. The van der Waals surface area contributed by atoms with Gasteiger partial charge in [-0.25, -0.2) is 0 Å². The van der Waals surface area contributed by atoms with Gasteiger partial charge in [0.05, 0.1) is 6.61 Å².